The molecule has 0 spiro atoms. The van der Waals surface area contributed by atoms with Gasteiger partial charge in [0.25, 0.3) is 0 Å². The van der Waals surface area contributed by atoms with Gasteiger partial charge in [-0.05, 0) is 30.7 Å². The predicted molar refractivity (Wildman–Crippen MR) is 80.9 cm³/mol. The molecule has 0 bridgehead atoms. The fourth-order valence-corrected chi connectivity index (χ4v) is 2.60. The first kappa shape index (κ1) is 11.9. The van der Waals surface area contributed by atoms with Crippen molar-refractivity contribution in [3.05, 3.63) is 66.7 Å². The highest BCUT2D eigenvalue weighted by molar-refractivity contribution is 5.81. The van der Waals surface area contributed by atoms with Crippen molar-refractivity contribution in [3.63, 3.8) is 0 Å². The molecule has 0 aliphatic carbocycles. The minimum Gasteiger partial charge on any atom is -0.463 e. The summed E-state index contributed by atoms with van der Waals surface area (Å²) in [6.07, 6.45) is 3.46. The van der Waals surface area contributed by atoms with E-state index in [0.717, 1.165) is 33.9 Å². The fourth-order valence-electron chi connectivity index (χ4n) is 2.60. The number of aromatic nitrogens is 3. The second kappa shape index (κ2) is 4.59. The molecular formula is C17H13N3O. The van der Waals surface area contributed by atoms with Gasteiger partial charge in [0.2, 0.25) is 0 Å². The van der Waals surface area contributed by atoms with Gasteiger partial charge in [0, 0.05) is 11.8 Å². The topological polar surface area (TPSA) is 43.3 Å². The van der Waals surface area contributed by atoms with Crippen LogP contribution in [-0.4, -0.2) is 14.6 Å². The van der Waals surface area contributed by atoms with Gasteiger partial charge in [-0.1, -0.05) is 30.3 Å². The van der Waals surface area contributed by atoms with E-state index in [0.29, 0.717) is 0 Å². The van der Waals surface area contributed by atoms with Crippen LogP contribution in [0.25, 0.3) is 28.2 Å². The molecular weight excluding hydrogens is 262 g/mol. The van der Waals surface area contributed by atoms with Gasteiger partial charge in [-0.3, -0.25) is 0 Å². The third-order valence-electron chi connectivity index (χ3n) is 3.53. The molecule has 4 aromatic rings. The number of rotatable bonds is 2. The normalized spacial score (nSPS) is 11.1. The van der Waals surface area contributed by atoms with E-state index < -0.39 is 0 Å². The summed E-state index contributed by atoms with van der Waals surface area (Å²) >= 11 is 0. The molecule has 0 amide bonds. The Balaban J connectivity index is 2.03. The second-order valence-electron chi connectivity index (χ2n) is 4.87. The molecule has 0 fully saturated rings. The van der Waals surface area contributed by atoms with Gasteiger partial charge < -0.3 is 4.42 Å². The number of benzene rings is 1. The Bertz CT molecular complexity index is 893. The largest absolute Gasteiger partial charge is 0.463 e. The van der Waals surface area contributed by atoms with Crippen molar-refractivity contribution in [3.8, 4) is 22.6 Å². The zero-order valence-corrected chi connectivity index (χ0v) is 11.5. The lowest BCUT2D eigenvalue weighted by atomic mass is 10.1. The Hall–Kier alpha value is -2.88. The molecule has 1 aromatic carbocycles. The monoisotopic (exact) mass is 275 g/mol. The maximum Gasteiger partial charge on any atom is 0.163 e. The standard InChI is InChI=1S/C17H13N3O/c1-12-16(13-6-3-2-4-7-13)17-18-10-9-14(20(17)19-12)15-8-5-11-21-15/h2-11H,1H3. The number of furan rings is 1. The van der Waals surface area contributed by atoms with Crippen LogP contribution in [0, 0.1) is 6.92 Å². The van der Waals surface area contributed by atoms with Crippen LogP contribution in [0.3, 0.4) is 0 Å². The van der Waals surface area contributed by atoms with Gasteiger partial charge in [0.05, 0.1) is 12.0 Å². The molecule has 0 aliphatic heterocycles. The van der Waals surface area contributed by atoms with Gasteiger partial charge in [0.1, 0.15) is 5.69 Å². The molecule has 102 valence electrons. The van der Waals surface area contributed by atoms with Crippen molar-refractivity contribution in [1.29, 1.82) is 0 Å². The van der Waals surface area contributed by atoms with Crippen molar-refractivity contribution in [2.45, 2.75) is 6.92 Å². The van der Waals surface area contributed by atoms with E-state index in [2.05, 4.69) is 22.2 Å². The van der Waals surface area contributed by atoms with Crippen LogP contribution in [0.2, 0.25) is 0 Å². The van der Waals surface area contributed by atoms with Crippen molar-refractivity contribution in [2.75, 3.05) is 0 Å². The number of nitrogens with zero attached hydrogens (tertiary/aromatic N) is 3. The third kappa shape index (κ3) is 1.84. The molecule has 4 nitrogen and oxygen atoms in total. The van der Waals surface area contributed by atoms with E-state index >= 15 is 0 Å². The van der Waals surface area contributed by atoms with Crippen LogP contribution < -0.4 is 0 Å². The van der Waals surface area contributed by atoms with E-state index in [9.17, 15) is 0 Å². The summed E-state index contributed by atoms with van der Waals surface area (Å²) in [5, 5.41) is 4.64. The summed E-state index contributed by atoms with van der Waals surface area (Å²) in [6, 6.07) is 15.9. The highest BCUT2D eigenvalue weighted by Gasteiger charge is 2.16. The van der Waals surface area contributed by atoms with Crippen molar-refractivity contribution in [2.24, 2.45) is 0 Å². The Kier molecular flexibility index (Phi) is 2.60. The molecule has 4 heteroatoms. The average molecular weight is 275 g/mol. The molecule has 3 heterocycles. The highest BCUT2D eigenvalue weighted by atomic mass is 16.3. The van der Waals surface area contributed by atoms with Crippen molar-refractivity contribution in [1.82, 2.24) is 14.6 Å². The van der Waals surface area contributed by atoms with Gasteiger partial charge in [-0.2, -0.15) is 5.10 Å². The first-order chi connectivity index (χ1) is 10.3. The number of fused-ring (bicyclic) bond motifs is 1. The van der Waals surface area contributed by atoms with Gasteiger partial charge in [0.15, 0.2) is 11.4 Å². The lowest BCUT2D eigenvalue weighted by Gasteiger charge is -2.02. The third-order valence-corrected chi connectivity index (χ3v) is 3.53. The van der Waals surface area contributed by atoms with Gasteiger partial charge in [-0.15, -0.1) is 0 Å². The van der Waals surface area contributed by atoms with Crippen LogP contribution >= 0.6 is 0 Å². The van der Waals surface area contributed by atoms with Crippen LogP contribution in [0.1, 0.15) is 5.69 Å². The van der Waals surface area contributed by atoms with E-state index in [1.165, 1.54) is 0 Å². The molecule has 0 atom stereocenters. The number of hydrogen-bond donors (Lipinski definition) is 0. The predicted octanol–water partition coefficient (Wildman–Crippen LogP) is 3.96. The van der Waals surface area contributed by atoms with Crippen LogP contribution in [0.15, 0.2) is 65.4 Å². The second-order valence-corrected chi connectivity index (χ2v) is 4.87. The minimum atomic E-state index is 0.782. The maximum absolute atomic E-state index is 5.49. The Labute approximate surface area is 121 Å². The molecule has 0 N–H and O–H groups in total. The Morgan fingerprint density at radius 2 is 1.86 bits per heavy atom. The van der Waals surface area contributed by atoms with E-state index in [-0.39, 0.29) is 0 Å². The van der Waals surface area contributed by atoms with Gasteiger partial charge in [-0.25, -0.2) is 9.50 Å². The molecule has 0 saturated carbocycles. The molecule has 0 radical (unpaired) electrons. The Morgan fingerprint density at radius 3 is 2.62 bits per heavy atom. The van der Waals surface area contributed by atoms with E-state index in [1.807, 2.05) is 47.8 Å². The van der Waals surface area contributed by atoms with Crippen LogP contribution in [0.5, 0.6) is 0 Å². The van der Waals surface area contributed by atoms with E-state index in [1.54, 1.807) is 12.5 Å². The Morgan fingerprint density at radius 1 is 1.00 bits per heavy atom. The fraction of sp³-hybridized carbons (Fsp3) is 0.0588. The van der Waals surface area contributed by atoms with Gasteiger partial charge >= 0.3 is 0 Å². The molecule has 4 rings (SSSR count). The molecule has 3 aromatic heterocycles. The summed E-state index contributed by atoms with van der Waals surface area (Å²) in [5.41, 5.74) is 4.87. The van der Waals surface area contributed by atoms with Crippen molar-refractivity contribution < 1.29 is 4.42 Å². The lowest BCUT2D eigenvalue weighted by Crippen LogP contribution is -1.94. The highest BCUT2D eigenvalue weighted by Crippen LogP contribution is 2.29. The molecule has 0 saturated heterocycles. The SMILES string of the molecule is Cc1nn2c(-c3ccco3)ccnc2c1-c1ccccc1. The number of hydrogen-bond acceptors (Lipinski definition) is 3. The quantitative estimate of drug-likeness (QED) is 0.556. The maximum atomic E-state index is 5.49. The van der Waals surface area contributed by atoms with Crippen LogP contribution in [-0.2, 0) is 0 Å². The molecule has 0 unspecified atom stereocenters. The zero-order valence-electron chi connectivity index (χ0n) is 11.5. The van der Waals surface area contributed by atoms with Crippen molar-refractivity contribution >= 4 is 5.65 Å². The summed E-state index contributed by atoms with van der Waals surface area (Å²) in [5.74, 6) is 0.782. The summed E-state index contributed by atoms with van der Waals surface area (Å²) in [7, 11) is 0. The van der Waals surface area contributed by atoms with E-state index in [4.69, 9.17) is 4.42 Å². The average Bonchev–Trinajstić information content (AvgIpc) is 3.14. The molecule has 21 heavy (non-hydrogen) atoms. The first-order valence-corrected chi connectivity index (χ1v) is 6.78. The number of aryl methyl sites for hydroxylation is 1. The summed E-state index contributed by atoms with van der Waals surface area (Å²) < 4.78 is 7.34. The smallest absolute Gasteiger partial charge is 0.163 e. The summed E-state index contributed by atoms with van der Waals surface area (Å²) in [6.45, 7) is 2.00. The lowest BCUT2D eigenvalue weighted by molar-refractivity contribution is 0.577. The zero-order chi connectivity index (χ0) is 14.2. The van der Waals surface area contributed by atoms with Crippen LogP contribution in [0.4, 0.5) is 0 Å². The first-order valence-electron chi connectivity index (χ1n) is 6.78. The summed E-state index contributed by atoms with van der Waals surface area (Å²) in [4.78, 5) is 4.51. The minimum absolute atomic E-state index is 0.782. The molecule has 0 aliphatic rings.